The molecule has 1 saturated carbocycles. The third-order valence-electron chi connectivity index (χ3n) is 3.59. The van der Waals surface area contributed by atoms with Gasteiger partial charge in [0.1, 0.15) is 5.58 Å². The molecule has 0 radical (unpaired) electrons. The van der Waals surface area contributed by atoms with E-state index in [-0.39, 0.29) is 5.76 Å². The van der Waals surface area contributed by atoms with E-state index in [1.807, 2.05) is 29.1 Å². The first-order valence-electron chi connectivity index (χ1n) is 6.48. The molecular weight excluding hydrogens is 276 g/mol. The van der Waals surface area contributed by atoms with E-state index in [0.29, 0.717) is 11.5 Å². The number of carbonyl (C=O) groups is 1. The highest BCUT2D eigenvalue weighted by molar-refractivity contribution is 6.67. The summed E-state index contributed by atoms with van der Waals surface area (Å²) in [6.07, 6.45) is 6.35. The number of aromatic nitrogens is 2. The minimum atomic E-state index is -0.582. The van der Waals surface area contributed by atoms with Crippen LogP contribution in [0.5, 0.6) is 0 Å². The molecule has 5 heteroatoms. The Morgan fingerprint density at radius 2 is 2.20 bits per heavy atom. The number of rotatable bonds is 3. The van der Waals surface area contributed by atoms with Crippen LogP contribution in [0.2, 0.25) is 0 Å². The van der Waals surface area contributed by atoms with Gasteiger partial charge in [-0.3, -0.25) is 4.79 Å². The van der Waals surface area contributed by atoms with Gasteiger partial charge in [0.15, 0.2) is 5.76 Å². The molecule has 2 heterocycles. The lowest BCUT2D eigenvalue weighted by Crippen LogP contribution is -1.88. The molecule has 0 N–H and O–H groups in total. The lowest BCUT2D eigenvalue weighted by molar-refractivity contribution is 0.105. The molecule has 0 saturated heterocycles. The Kier molecular flexibility index (Phi) is 2.47. The van der Waals surface area contributed by atoms with Crippen LogP contribution in [0.15, 0.2) is 41.2 Å². The predicted molar refractivity (Wildman–Crippen MR) is 75.5 cm³/mol. The van der Waals surface area contributed by atoms with E-state index < -0.39 is 5.24 Å². The molecule has 0 bridgehead atoms. The molecule has 100 valence electrons. The van der Waals surface area contributed by atoms with Crippen molar-refractivity contribution in [2.45, 2.75) is 18.8 Å². The maximum absolute atomic E-state index is 11.1. The summed E-state index contributed by atoms with van der Waals surface area (Å²) in [6, 6.07) is 7.39. The van der Waals surface area contributed by atoms with Gasteiger partial charge < -0.3 is 8.98 Å². The van der Waals surface area contributed by atoms with Gasteiger partial charge in [0.2, 0.25) is 0 Å². The first kappa shape index (κ1) is 11.7. The molecule has 20 heavy (non-hydrogen) atoms. The molecule has 0 amide bonds. The Balaban J connectivity index is 1.76. The summed E-state index contributed by atoms with van der Waals surface area (Å²) in [4.78, 5) is 15.5. The van der Waals surface area contributed by atoms with Crippen LogP contribution < -0.4 is 0 Å². The zero-order valence-electron chi connectivity index (χ0n) is 10.5. The van der Waals surface area contributed by atoms with Crippen molar-refractivity contribution in [3.8, 4) is 5.69 Å². The SMILES string of the molecule is O=C(Cl)c1cc2cc(-n3cnc(C4CC4)c3)ccc2o1. The van der Waals surface area contributed by atoms with Crippen molar-refractivity contribution in [3.05, 3.63) is 48.2 Å². The minimum Gasteiger partial charge on any atom is -0.452 e. The standard InChI is InChI=1S/C15H11ClN2O2/c16-15(19)14-6-10-5-11(3-4-13(10)20-14)18-7-12(17-8-18)9-1-2-9/h3-9H,1-2H2. The van der Waals surface area contributed by atoms with Gasteiger partial charge in [0.25, 0.3) is 5.24 Å². The average Bonchev–Trinajstić information content (AvgIpc) is 3.03. The van der Waals surface area contributed by atoms with E-state index in [9.17, 15) is 4.79 Å². The number of fused-ring (bicyclic) bond motifs is 1. The number of hydrogen-bond acceptors (Lipinski definition) is 3. The third kappa shape index (κ3) is 1.93. The van der Waals surface area contributed by atoms with Crippen molar-refractivity contribution in [2.75, 3.05) is 0 Å². The van der Waals surface area contributed by atoms with Crippen molar-refractivity contribution < 1.29 is 9.21 Å². The predicted octanol–water partition coefficient (Wildman–Crippen LogP) is 3.87. The van der Waals surface area contributed by atoms with Gasteiger partial charge in [-0.25, -0.2) is 4.98 Å². The average molecular weight is 287 g/mol. The second-order valence-corrected chi connectivity index (χ2v) is 5.43. The van der Waals surface area contributed by atoms with Crippen LogP contribution in [0.4, 0.5) is 0 Å². The first-order valence-corrected chi connectivity index (χ1v) is 6.86. The highest BCUT2D eigenvalue weighted by Gasteiger charge is 2.25. The van der Waals surface area contributed by atoms with Crippen molar-refractivity contribution in [1.82, 2.24) is 9.55 Å². The summed E-state index contributed by atoms with van der Waals surface area (Å²) in [5.41, 5.74) is 2.79. The summed E-state index contributed by atoms with van der Waals surface area (Å²) in [7, 11) is 0. The molecule has 0 spiro atoms. The molecule has 4 nitrogen and oxygen atoms in total. The quantitative estimate of drug-likeness (QED) is 0.687. The van der Waals surface area contributed by atoms with Crippen LogP contribution in [-0.2, 0) is 0 Å². The van der Waals surface area contributed by atoms with E-state index in [1.165, 1.54) is 12.8 Å². The Bertz CT molecular complexity index is 814. The van der Waals surface area contributed by atoms with Crippen molar-refractivity contribution in [2.24, 2.45) is 0 Å². The fourth-order valence-electron chi connectivity index (χ4n) is 2.36. The van der Waals surface area contributed by atoms with Gasteiger partial charge in [0.05, 0.1) is 12.0 Å². The monoisotopic (exact) mass is 286 g/mol. The molecule has 4 rings (SSSR count). The molecule has 1 aliphatic rings. The normalized spacial score (nSPS) is 14.8. The molecule has 1 aliphatic carbocycles. The summed E-state index contributed by atoms with van der Waals surface area (Å²) >= 11 is 5.43. The van der Waals surface area contributed by atoms with Crippen molar-refractivity contribution in [3.63, 3.8) is 0 Å². The Labute approximate surface area is 120 Å². The number of hydrogen-bond donors (Lipinski definition) is 0. The number of nitrogens with zero attached hydrogens (tertiary/aromatic N) is 2. The van der Waals surface area contributed by atoms with Crippen LogP contribution in [0, 0.1) is 0 Å². The molecule has 1 aromatic carbocycles. The molecule has 0 atom stereocenters. The summed E-state index contributed by atoms with van der Waals surface area (Å²) in [5, 5.41) is 0.273. The van der Waals surface area contributed by atoms with Crippen LogP contribution in [0.1, 0.15) is 35.0 Å². The lowest BCUT2D eigenvalue weighted by Gasteiger charge is -2.00. The summed E-state index contributed by atoms with van der Waals surface area (Å²) in [6.45, 7) is 0. The maximum atomic E-state index is 11.1. The maximum Gasteiger partial charge on any atom is 0.287 e. The Hall–Kier alpha value is -2.07. The van der Waals surface area contributed by atoms with E-state index in [1.54, 1.807) is 6.07 Å². The fraction of sp³-hybridized carbons (Fsp3) is 0.200. The summed E-state index contributed by atoms with van der Waals surface area (Å²) in [5.74, 6) is 0.803. The van der Waals surface area contributed by atoms with E-state index in [2.05, 4.69) is 11.2 Å². The lowest BCUT2D eigenvalue weighted by atomic mass is 10.2. The number of imidazole rings is 1. The highest BCUT2D eigenvalue weighted by atomic mass is 35.5. The van der Waals surface area contributed by atoms with Crippen LogP contribution in [0.3, 0.4) is 0 Å². The van der Waals surface area contributed by atoms with Crippen LogP contribution >= 0.6 is 11.6 Å². The number of benzene rings is 1. The fourth-order valence-corrected chi connectivity index (χ4v) is 2.45. The summed E-state index contributed by atoms with van der Waals surface area (Å²) < 4.78 is 7.36. The van der Waals surface area contributed by atoms with Crippen LogP contribution in [-0.4, -0.2) is 14.8 Å². The smallest absolute Gasteiger partial charge is 0.287 e. The second kappa shape index (κ2) is 4.21. The van der Waals surface area contributed by atoms with Gasteiger partial charge in [-0.2, -0.15) is 0 Å². The van der Waals surface area contributed by atoms with Crippen molar-refractivity contribution >= 4 is 27.8 Å². The van der Waals surface area contributed by atoms with Gasteiger partial charge in [-0.05, 0) is 48.7 Å². The molecule has 2 aromatic heterocycles. The van der Waals surface area contributed by atoms with E-state index in [4.69, 9.17) is 16.0 Å². The Morgan fingerprint density at radius 1 is 1.35 bits per heavy atom. The topological polar surface area (TPSA) is 48.0 Å². The van der Waals surface area contributed by atoms with Gasteiger partial charge in [-0.15, -0.1) is 0 Å². The third-order valence-corrected chi connectivity index (χ3v) is 3.78. The van der Waals surface area contributed by atoms with Gasteiger partial charge in [0, 0.05) is 23.2 Å². The molecule has 0 aliphatic heterocycles. The highest BCUT2D eigenvalue weighted by Crippen LogP contribution is 2.39. The second-order valence-electron chi connectivity index (χ2n) is 5.09. The molecule has 1 fully saturated rings. The molecule has 0 unspecified atom stereocenters. The number of carbonyl (C=O) groups excluding carboxylic acids is 1. The minimum absolute atomic E-state index is 0.170. The Morgan fingerprint density at radius 3 is 2.95 bits per heavy atom. The largest absolute Gasteiger partial charge is 0.452 e. The number of furan rings is 1. The zero-order valence-corrected chi connectivity index (χ0v) is 11.3. The molecule has 3 aromatic rings. The number of halogens is 1. The van der Waals surface area contributed by atoms with Crippen molar-refractivity contribution in [1.29, 1.82) is 0 Å². The molecular formula is C15H11ClN2O2. The first-order chi connectivity index (χ1) is 9.70. The van der Waals surface area contributed by atoms with Gasteiger partial charge in [-0.1, -0.05) is 0 Å². The van der Waals surface area contributed by atoms with Gasteiger partial charge >= 0.3 is 0 Å². The van der Waals surface area contributed by atoms with E-state index >= 15 is 0 Å². The van der Waals surface area contributed by atoms with Crippen LogP contribution in [0.25, 0.3) is 16.7 Å². The van der Waals surface area contributed by atoms with E-state index in [0.717, 1.165) is 16.8 Å². The zero-order chi connectivity index (χ0) is 13.7.